The lowest BCUT2D eigenvalue weighted by Gasteiger charge is -2.21. The lowest BCUT2D eigenvalue weighted by atomic mass is 10.2. The molecule has 0 saturated carbocycles. The largest absolute Gasteiger partial charge is 0.476 e. The third-order valence-electron chi connectivity index (χ3n) is 3.63. The molecular weight excluding hydrogens is 298 g/mol. The molecule has 23 heavy (non-hydrogen) atoms. The van der Waals surface area contributed by atoms with E-state index in [9.17, 15) is 14.7 Å². The van der Waals surface area contributed by atoms with Gasteiger partial charge < -0.3 is 20.1 Å². The molecule has 0 bridgehead atoms. The molecule has 0 aliphatic carbocycles. The molecular formula is C16H23N3O4. The zero-order chi connectivity index (χ0) is 16.8. The number of aliphatic hydroxyl groups excluding tert-OH is 1. The standard InChI is InChI=1S/C16H23N3O4/c1-3-23-15-12(8-11(2)9-17-15)18-14(21)10-19-7-5-4-6-13(20)16(19)22/h8-9,13,20H,3-7,10H2,1-2H3,(H,18,21). The van der Waals surface area contributed by atoms with Crippen LogP contribution in [0.5, 0.6) is 5.88 Å². The van der Waals surface area contributed by atoms with E-state index in [1.165, 1.54) is 4.90 Å². The third kappa shape index (κ3) is 4.66. The van der Waals surface area contributed by atoms with E-state index in [-0.39, 0.29) is 18.4 Å². The van der Waals surface area contributed by atoms with E-state index in [2.05, 4.69) is 10.3 Å². The van der Waals surface area contributed by atoms with E-state index in [0.717, 1.165) is 18.4 Å². The smallest absolute Gasteiger partial charge is 0.251 e. The predicted octanol–water partition coefficient (Wildman–Crippen LogP) is 1.10. The molecule has 1 saturated heterocycles. The van der Waals surface area contributed by atoms with Gasteiger partial charge in [-0.1, -0.05) is 0 Å². The van der Waals surface area contributed by atoms with Crippen molar-refractivity contribution in [2.45, 2.75) is 39.2 Å². The molecule has 2 N–H and O–H groups in total. The molecule has 0 aromatic carbocycles. The highest BCUT2D eigenvalue weighted by Crippen LogP contribution is 2.22. The minimum Gasteiger partial charge on any atom is -0.476 e. The Kier molecular flexibility index (Phi) is 5.92. The first-order valence-electron chi connectivity index (χ1n) is 7.87. The van der Waals surface area contributed by atoms with Gasteiger partial charge in [-0.05, 0) is 44.7 Å². The van der Waals surface area contributed by atoms with Gasteiger partial charge in [-0.25, -0.2) is 4.98 Å². The first kappa shape index (κ1) is 17.2. The summed E-state index contributed by atoms with van der Waals surface area (Å²) in [7, 11) is 0. The molecule has 1 atom stereocenters. The maximum absolute atomic E-state index is 12.2. The molecule has 1 aliphatic heterocycles. The summed E-state index contributed by atoms with van der Waals surface area (Å²) in [6, 6.07) is 1.77. The first-order chi connectivity index (χ1) is 11.0. The summed E-state index contributed by atoms with van der Waals surface area (Å²) in [5, 5.41) is 12.5. The molecule has 126 valence electrons. The van der Waals surface area contributed by atoms with Gasteiger partial charge in [0.05, 0.1) is 13.2 Å². The number of aliphatic hydroxyl groups is 1. The van der Waals surface area contributed by atoms with Gasteiger partial charge in [0, 0.05) is 12.7 Å². The summed E-state index contributed by atoms with van der Waals surface area (Å²) in [5.41, 5.74) is 1.38. The summed E-state index contributed by atoms with van der Waals surface area (Å²) in [6.07, 6.45) is 2.67. The second-order valence-corrected chi connectivity index (χ2v) is 5.62. The molecule has 0 spiro atoms. The minimum atomic E-state index is -1.01. The minimum absolute atomic E-state index is 0.0879. The monoisotopic (exact) mass is 321 g/mol. The normalized spacial score (nSPS) is 18.5. The molecule has 2 amide bonds. The van der Waals surface area contributed by atoms with Crippen molar-refractivity contribution in [1.82, 2.24) is 9.88 Å². The van der Waals surface area contributed by atoms with Crippen molar-refractivity contribution in [3.05, 3.63) is 17.8 Å². The Hall–Kier alpha value is -2.15. The zero-order valence-electron chi connectivity index (χ0n) is 13.5. The second kappa shape index (κ2) is 7.92. The number of nitrogens with one attached hydrogen (secondary N) is 1. The number of nitrogens with zero attached hydrogens (tertiary/aromatic N) is 2. The van der Waals surface area contributed by atoms with Crippen LogP contribution in [0.15, 0.2) is 12.3 Å². The number of likely N-dealkylation sites (tertiary alicyclic amines) is 1. The van der Waals surface area contributed by atoms with Crippen LogP contribution >= 0.6 is 0 Å². The summed E-state index contributed by atoms with van der Waals surface area (Å²) < 4.78 is 5.39. The second-order valence-electron chi connectivity index (χ2n) is 5.62. The number of hydrogen-bond donors (Lipinski definition) is 2. The van der Waals surface area contributed by atoms with Gasteiger partial charge in [-0.2, -0.15) is 0 Å². The topological polar surface area (TPSA) is 91.8 Å². The van der Waals surface area contributed by atoms with Crippen LogP contribution in [0, 0.1) is 6.92 Å². The number of rotatable bonds is 5. The number of aromatic nitrogens is 1. The molecule has 2 heterocycles. The average Bonchev–Trinajstić information content (AvgIpc) is 2.66. The van der Waals surface area contributed by atoms with Gasteiger partial charge >= 0.3 is 0 Å². The summed E-state index contributed by atoms with van der Waals surface area (Å²) in [4.78, 5) is 29.8. The average molecular weight is 321 g/mol. The van der Waals surface area contributed by atoms with Gasteiger partial charge in [0.2, 0.25) is 11.8 Å². The van der Waals surface area contributed by atoms with Crippen LogP contribution in [-0.4, -0.2) is 52.6 Å². The van der Waals surface area contributed by atoms with Crippen molar-refractivity contribution >= 4 is 17.5 Å². The van der Waals surface area contributed by atoms with Gasteiger partial charge in [-0.3, -0.25) is 9.59 Å². The highest BCUT2D eigenvalue weighted by Gasteiger charge is 2.26. The van der Waals surface area contributed by atoms with E-state index in [4.69, 9.17) is 4.74 Å². The fourth-order valence-electron chi connectivity index (χ4n) is 2.50. The summed E-state index contributed by atoms with van der Waals surface area (Å²) in [5.74, 6) is -0.362. The quantitative estimate of drug-likeness (QED) is 0.847. The first-order valence-corrected chi connectivity index (χ1v) is 7.87. The molecule has 2 rings (SSSR count). The van der Waals surface area contributed by atoms with Crippen molar-refractivity contribution in [3.63, 3.8) is 0 Å². The SMILES string of the molecule is CCOc1ncc(C)cc1NC(=O)CN1CCCCC(O)C1=O. The molecule has 7 nitrogen and oxygen atoms in total. The zero-order valence-corrected chi connectivity index (χ0v) is 13.5. The number of ether oxygens (including phenoxy) is 1. The Bertz CT molecular complexity index is 576. The number of carbonyl (C=O) groups excluding carboxylic acids is 2. The van der Waals surface area contributed by atoms with E-state index in [1.54, 1.807) is 12.3 Å². The number of anilines is 1. The molecule has 1 aromatic rings. The summed E-state index contributed by atoms with van der Waals surface area (Å²) in [6.45, 7) is 4.54. The van der Waals surface area contributed by atoms with Crippen molar-refractivity contribution in [2.24, 2.45) is 0 Å². The van der Waals surface area contributed by atoms with Crippen molar-refractivity contribution in [3.8, 4) is 5.88 Å². The van der Waals surface area contributed by atoms with Gasteiger partial charge in [0.25, 0.3) is 5.91 Å². The number of pyridine rings is 1. The van der Waals surface area contributed by atoms with E-state index in [1.807, 2.05) is 13.8 Å². The van der Waals surface area contributed by atoms with Gasteiger partial charge in [0.15, 0.2) is 0 Å². The van der Waals surface area contributed by atoms with E-state index >= 15 is 0 Å². The number of carbonyl (C=O) groups is 2. The van der Waals surface area contributed by atoms with Crippen LogP contribution in [0.25, 0.3) is 0 Å². The molecule has 1 aromatic heterocycles. The Labute approximate surface area is 135 Å². The maximum Gasteiger partial charge on any atom is 0.251 e. The Morgan fingerprint density at radius 2 is 2.30 bits per heavy atom. The fourth-order valence-corrected chi connectivity index (χ4v) is 2.50. The third-order valence-corrected chi connectivity index (χ3v) is 3.63. The van der Waals surface area contributed by atoms with Crippen molar-refractivity contribution in [1.29, 1.82) is 0 Å². The van der Waals surface area contributed by atoms with Crippen molar-refractivity contribution < 1.29 is 19.4 Å². The molecule has 1 unspecified atom stereocenters. The number of aryl methyl sites for hydroxylation is 1. The predicted molar refractivity (Wildman–Crippen MR) is 85.2 cm³/mol. The Morgan fingerprint density at radius 3 is 3.04 bits per heavy atom. The van der Waals surface area contributed by atoms with Crippen LogP contribution < -0.4 is 10.1 Å². The van der Waals surface area contributed by atoms with Gasteiger partial charge in [-0.15, -0.1) is 0 Å². The van der Waals surface area contributed by atoms with Crippen LogP contribution in [0.4, 0.5) is 5.69 Å². The fraction of sp³-hybridized carbons (Fsp3) is 0.562. The van der Waals surface area contributed by atoms with Crippen LogP contribution in [-0.2, 0) is 9.59 Å². The van der Waals surface area contributed by atoms with Crippen molar-refractivity contribution in [2.75, 3.05) is 25.0 Å². The van der Waals surface area contributed by atoms with Gasteiger partial charge in [0.1, 0.15) is 11.8 Å². The Balaban J connectivity index is 2.04. The summed E-state index contributed by atoms with van der Waals surface area (Å²) >= 11 is 0. The molecule has 0 radical (unpaired) electrons. The lowest BCUT2D eigenvalue weighted by molar-refractivity contribution is -0.141. The number of hydrogen-bond acceptors (Lipinski definition) is 5. The van der Waals surface area contributed by atoms with Crippen LogP contribution in [0.2, 0.25) is 0 Å². The molecule has 1 aliphatic rings. The van der Waals surface area contributed by atoms with Crippen LogP contribution in [0.1, 0.15) is 31.7 Å². The molecule has 1 fully saturated rings. The van der Waals surface area contributed by atoms with Crippen LogP contribution in [0.3, 0.4) is 0 Å². The van der Waals surface area contributed by atoms with E-state index in [0.29, 0.717) is 31.1 Å². The highest BCUT2D eigenvalue weighted by molar-refractivity contribution is 5.96. The Morgan fingerprint density at radius 1 is 1.52 bits per heavy atom. The van der Waals surface area contributed by atoms with E-state index < -0.39 is 6.10 Å². The number of amides is 2. The lowest BCUT2D eigenvalue weighted by Crippen LogP contribution is -2.42. The maximum atomic E-state index is 12.2. The highest BCUT2D eigenvalue weighted by atomic mass is 16.5. The molecule has 7 heteroatoms.